The Bertz CT molecular complexity index is 1010. The van der Waals surface area contributed by atoms with E-state index < -0.39 is 0 Å². The normalized spacial score (nSPS) is 13.5. The van der Waals surface area contributed by atoms with Gasteiger partial charge >= 0.3 is 5.69 Å². The van der Waals surface area contributed by atoms with Crippen molar-refractivity contribution in [1.29, 1.82) is 0 Å². The number of anilines is 1. The lowest BCUT2D eigenvalue weighted by atomic mass is 10.0. The van der Waals surface area contributed by atoms with Gasteiger partial charge in [-0.05, 0) is 51.0 Å². The van der Waals surface area contributed by atoms with Gasteiger partial charge in [-0.2, -0.15) is 0 Å². The van der Waals surface area contributed by atoms with Crippen molar-refractivity contribution < 1.29 is 9.72 Å². The second-order valence-electron chi connectivity index (χ2n) is 6.75. The monoisotopic (exact) mass is 375 g/mol. The number of nitrogens with zero attached hydrogens (tertiary/aromatic N) is 3. The van der Waals surface area contributed by atoms with E-state index in [-0.39, 0.29) is 16.4 Å². The summed E-state index contributed by atoms with van der Waals surface area (Å²) in [5.41, 5.74) is 3.48. The largest absolute Gasteiger partial charge is 0.350 e. The van der Waals surface area contributed by atoms with Crippen LogP contribution in [0.3, 0.4) is 0 Å². The van der Waals surface area contributed by atoms with Crippen molar-refractivity contribution in [2.24, 2.45) is 0 Å². The summed E-state index contributed by atoms with van der Waals surface area (Å²) < 4.78 is 0. The molecule has 0 saturated carbocycles. The fourth-order valence-electron chi connectivity index (χ4n) is 3.10. The molecule has 142 valence electrons. The number of rotatable bonds is 3. The molecular formula is C22H21N3O3. The summed E-state index contributed by atoms with van der Waals surface area (Å²) >= 11 is 0. The Kier molecular flexibility index (Phi) is 5.85. The molecule has 0 N–H and O–H groups in total. The zero-order valence-corrected chi connectivity index (χ0v) is 15.9. The van der Waals surface area contributed by atoms with E-state index in [0.717, 1.165) is 24.1 Å². The number of nitro groups is 1. The van der Waals surface area contributed by atoms with Crippen LogP contribution in [0.4, 0.5) is 11.5 Å². The predicted octanol–water partition coefficient (Wildman–Crippen LogP) is 4.08. The van der Waals surface area contributed by atoms with Gasteiger partial charge in [-0.15, -0.1) is 0 Å². The molecule has 0 aliphatic carbocycles. The lowest BCUT2D eigenvalue weighted by Gasteiger charge is -2.28. The molecule has 0 spiro atoms. The summed E-state index contributed by atoms with van der Waals surface area (Å²) in [6, 6.07) is 10.5. The van der Waals surface area contributed by atoms with E-state index in [1.54, 1.807) is 18.2 Å². The van der Waals surface area contributed by atoms with E-state index in [2.05, 4.69) is 16.8 Å². The molecule has 3 rings (SSSR count). The summed E-state index contributed by atoms with van der Waals surface area (Å²) in [5, 5.41) is 11.3. The minimum Gasteiger partial charge on any atom is -0.350 e. The van der Waals surface area contributed by atoms with Gasteiger partial charge < -0.3 is 4.90 Å². The fraction of sp³-hybridized carbons (Fsp3) is 0.273. The van der Waals surface area contributed by atoms with Gasteiger partial charge in [-0.1, -0.05) is 29.5 Å². The van der Waals surface area contributed by atoms with E-state index in [1.807, 2.05) is 30.0 Å². The number of pyridine rings is 1. The summed E-state index contributed by atoms with van der Waals surface area (Å²) in [6.45, 7) is 4.71. The maximum Gasteiger partial charge on any atom is 0.311 e. The number of hydrogen-bond acceptors (Lipinski definition) is 5. The zero-order chi connectivity index (χ0) is 20.1. The maximum atomic E-state index is 11.4. The van der Waals surface area contributed by atoms with Crippen LogP contribution in [-0.4, -0.2) is 28.8 Å². The molecule has 0 radical (unpaired) electrons. The number of aryl methyl sites for hydroxylation is 1. The highest BCUT2D eigenvalue weighted by Gasteiger charge is 2.23. The predicted molar refractivity (Wildman–Crippen MR) is 108 cm³/mol. The van der Waals surface area contributed by atoms with Crippen molar-refractivity contribution in [2.45, 2.75) is 26.7 Å². The van der Waals surface area contributed by atoms with Crippen molar-refractivity contribution >= 4 is 17.3 Å². The molecule has 1 aliphatic rings. The summed E-state index contributed by atoms with van der Waals surface area (Å²) in [7, 11) is 0. The first-order valence-electron chi connectivity index (χ1n) is 9.11. The molecular weight excluding hydrogens is 354 g/mol. The van der Waals surface area contributed by atoms with E-state index >= 15 is 0 Å². The number of benzene rings is 1. The number of aromatic nitrogens is 1. The van der Waals surface area contributed by atoms with Crippen molar-refractivity contribution in [3.8, 4) is 11.8 Å². The molecule has 6 nitrogen and oxygen atoms in total. The minimum absolute atomic E-state index is 0.0215. The van der Waals surface area contributed by atoms with Crippen LogP contribution in [0.5, 0.6) is 0 Å². The highest BCUT2D eigenvalue weighted by atomic mass is 16.6. The molecule has 1 aliphatic heterocycles. The van der Waals surface area contributed by atoms with Crippen LogP contribution < -0.4 is 4.90 Å². The van der Waals surface area contributed by atoms with Gasteiger partial charge in [-0.3, -0.25) is 14.9 Å². The molecule has 2 aromatic rings. The van der Waals surface area contributed by atoms with Gasteiger partial charge in [-0.25, -0.2) is 4.98 Å². The van der Waals surface area contributed by atoms with Crippen LogP contribution in [0, 0.1) is 28.9 Å². The van der Waals surface area contributed by atoms with Gasteiger partial charge in [0.1, 0.15) is 0 Å². The van der Waals surface area contributed by atoms with Gasteiger partial charge in [0.05, 0.1) is 4.92 Å². The van der Waals surface area contributed by atoms with Crippen LogP contribution in [0.1, 0.15) is 41.4 Å². The Morgan fingerprint density at radius 3 is 2.68 bits per heavy atom. The van der Waals surface area contributed by atoms with Crippen molar-refractivity contribution in [2.75, 3.05) is 18.0 Å². The smallest absolute Gasteiger partial charge is 0.311 e. The molecule has 6 heteroatoms. The minimum atomic E-state index is -0.381. The van der Waals surface area contributed by atoms with Crippen LogP contribution in [0.25, 0.3) is 0 Å². The van der Waals surface area contributed by atoms with Gasteiger partial charge in [0.2, 0.25) is 5.82 Å². The number of carbonyl (C=O) groups is 1. The van der Waals surface area contributed by atoms with E-state index in [4.69, 9.17) is 0 Å². The molecule has 2 heterocycles. The number of hydrogen-bond donors (Lipinski definition) is 0. The Morgan fingerprint density at radius 1 is 1.25 bits per heavy atom. The first-order valence-corrected chi connectivity index (χ1v) is 9.11. The quantitative estimate of drug-likeness (QED) is 0.350. The third-order valence-electron chi connectivity index (χ3n) is 4.66. The average molecular weight is 375 g/mol. The van der Waals surface area contributed by atoms with Crippen molar-refractivity contribution in [3.63, 3.8) is 0 Å². The molecule has 28 heavy (non-hydrogen) atoms. The average Bonchev–Trinajstić information content (AvgIpc) is 2.68. The van der Waals surface area contributed by atoms with Crippen molar-refractivity contribution in [1.82, 2.24) is 4.98 Å². The van der Waals surface area contributed by atoms with E-state index in [1.165, 1.54) is 18.6 Å². The lowest BCUT2D eigenvalue weighted by molar-refractivity contribution is -0.384. The highest BCUT2D eigenvalue weighted by molar-refractivity contribution is 5.94. The second kappa shape index (κ2) is 8.49. The number of Topliss-reactive ketones (excluding diaryl/α,β-unsaturated/α-hetero) is 1. The molecule has 0 bridgehead atoms. The van der Waals surface area contributed by atoms with E-state index in [0.29, 0.717) is 24.5 Å². The first-order chi connectivity index (χ1) is 13.4. The van der Waals surface area contributed by atoms with E-state index in [9.17, 15) is 14.9 Å². The Balaban J connectivity index is 1.68. The second-order valence-corrected chi connectivity index (χ2v) is 6.75. The zero-order valence-electron chi connectivity index (χ0n) is 15.9. The highest BCUT2D eigenvalue weighted by Crippen LogP contribution is 2.29. The summed E-state index contributed by atoms with van der Waals surface area (Å²) in [4.78, 5) is 28.7. The standard InChI is InChI=1S/C22H21N3O3/c1-16-9-10-21(25(27)28)22(23-16)24-13-11-18(12-14-24)5-3-6-19-7-4-8-20(15-19)17(2)26/h4-5,7-10,15H,11-14H2,1-2H3. The molecule has 1 saturated heterocycles. The Labute approximate surface area is 164 Å². The third-order valence-corrected chi connectivity index (χ3v) is 4.66. The molecule has 0 atom stereocenters. The van der Waals surface area contributed by atoms with Crippen LogP contribution in [-0.2, 0) is 0 Å². The molecule has 0 unspecified atom stereocenters. The van der Waals surface area contributed by atoms with Crippen LogP contribution >= 0.6 is 0 Å². The van der Waals surface area contributed by atoms with Crippen molar-refractivity contribution in [3.05, 3.63) is 75.0 Å². The number of piperidine rings is 1. The SMILES string of the molecule is CC(=O)c1cccc(C#CC=C2CCN(c3nc(C)ccc3[N+](=O)[O-])CC2)c1. The lowest BCUT2D eigenvalue weighted by Crippen LogP contribution is -2.32. The Hall–Kier alpha value is -3.46. The Morgan fingerprint density at radius 2 is 2.00 bits per heavy atom. The van der Waals surface area contributed by atoms with Crippen LogP contribution in [0.15, 0.2) is 48.0 Å². The van der Waals surface area contributed by atoms with Gasteiger partial charge in [0.15, 0.2) is 5.78 Å². The first kappa shape index (κ1) is 19.3. The van der Waals surface area contributed by atoms with Gasteiger partial charge in [0, 0.05) is 36.0 Å². The number of allylic oxidation sites excluding steroid dienone is 1. The molecule has 0 amide bonds. The topological polar surface area (TPSA) is 76.3 Å². The van der Waals surface area contributed by atoms with Gasteiger partial charge in [0.25, 0.3) is 0 Å². The fourth-order valence-corrected chi connectivity index (χ4v) is 3.10. The number of carbonyl (C=O) groups excluding carboxylic acids is 1. The summed E-state index contributed by atoms with van der Waals surface area (Å²) in [5.74, 6) is 6.60. The van der Waals surface area contributed by atoms with Crippen LogP contribution in [0.2, 0.25) is 0 Å². The summed E-state index contributed by atoms with van der Waals surface area (Å²) in [6.07, 6.45) is 3.49. The third kappa shape index (κ3) is 4.63. The molecule has 1 aromatic heterocycles. The molecule has 1 aromatic carbocycles. The molecule has 1 fully saturated rings. The maximum absolute atomic E-state index is 11.4. The number of ketones is 1.